The topological polar surface area (TPSA) is 75.3 Å². The van der Waals surface area contributed by atoms with E-state index in [1.807, 2.05) is 26.8 Å². The second-order valence-electron chi connectivity index (χ2n) is 9.53. The number of anilines is 1. The van der Waals surface area contributed by atoms with Crippen molar-refractivity contribution >= 4 is 21.6 Å². The van der Waals surface area contributed by atoms with E-state index in [0.29, 0.717) is 16.8 Å². The summed E-state index contributed by atoms with van der Waals surface area (Å²) in [5.41, 5.74) is 1.98. The highest BCUT2D eigenvalue weighted by atomic mass is 32.2. The van der Waals surface area contributed by atoms with E-state index in [1.165, 1.54) is 6.07 Å². The molecular weight excluding hydrogens is 384 g/mol. The maximum Gasteiger partial charge on any atom is 0.262 e. The molecule has 0 heterocycles. The maximum absolute atomic E-state index is 12.9. The highest BCUT2D eigenvalue weighted by Crippen LogP contribution is 2.27. The van der Waals surface area contributed by atoms with E-state index < -0.39 is 15.6 Å². The summed E-state index contributed by atoms with van der Waals surface area (Å²) >= 11 is 0. The maximum atomic E-state index is 12.9. The normalized spacial score (nSPS) is 12.5. The van der Waals surface area contributed by atoms with Crippen LogP contribution >= 0.6 is 0 Å². The molecule has 0 aliphatic carbocycles. The molecule has 29 heavy (non-hydrogen) atoms. The first-order valence-corrected chi connectivity index (χ1v) is 11.2. The van der Waals surface area contributed by atoms with Crippen molar-refractivity contribution in [2.45, 2.75) is 65.3 Å². The van der Waals surface area contributed by atoms with Gasteiger partial charge < -0.3 is 5.32 Å². The molecular formula is C23H32N2O3S. The van der Waals surface area contributed by atoms with Gasteiger partial charge >= 0.3 is 0 Å². The molecule has 2 aromatic rings. The van der Waals surface area contributed by atoms with Crippen LogP contribution in [-0.2, 0) is 10.0 Å². The lowest BCUT2D eigenvalue weighted by molar-refractivity contribution is 0.0891. The summed E-state index contributed by atoms with van der Waals surface area (Å²) < 4.78 is 28.5. The predicted molar refractivity (Wildman–Crippen MR) is 119 cm³/mol. The van der Waals surface area contributed by atoms with E-state index in [2.05, 4.69) is 30.8 Å². The Hall–Kier alpha value is -2.34. The van der Waals surface area contributed by atoms with E-state index >= 15 is 0 Å². The third-order valence-electron chi connectivity index (χ3n) is 4.43. The summed E-state index contributed by atoms with van der Waals surface area (Å²) in [6.45, 7) is 13.9. The average Bonchev–Trinajstić information content (AvgIpc) is 2.51. The molecule has 0 unspecified atom stereocenters. The molecule has 0 saturated carbocycles. The number of hydrogen-bond donors (Lipinski definition) is 2. The number of carbonyl (C=O) groups excluding carboxylic acids is 1. The van der Waals surface area contributed by atoms with Crippen LogP contribution in [-0.4, -0.2) is 19.9 Å². The van der Waals surface area contributed by atoms with Crippen molar-refractivity contribution in [2.24, 2.45) is 5.41 Å². The van der Waals surface area contributed by atoms with E-state index in [1.54, 1.807) is 37.3 Å². The first kappa shape index (κ1) is 22.9. The minimum atomic E-state index is -3.82. The zero-order valence-corrected chi connectivity index (χ0v) is 19.2. The van der Waals surface area contributed by atoms with Crippen molar-refractivity contribution < 1.29 is 13.2 Å². The molecule has 158 valence electrons. The van der Waals surface area contributed by atoms with Crippen LogP contribution in [0.25, 0.3) is 0 Å². The zero-order chi connectivity index (χ0) is 22.0. The van der Waals surface area contributed by atoms with Crippen LogP contribution in [0.5, 0.6) is 0 Å². The van der Waals surface area contributed by atoms with Crippen LogP contribution in [0, 0.1) is 19.3 Å². The Labute approximate surface area is 175 Å². The van der Waals surface area contributed by atoms with Gasteiger partial charge in [0, 0.05) is 16.8 Å². The lowest BCUT2D eigenvalue weighted by Crippen LogP contribution is -2.45. The Balaban J connectivity index is 2.30. The van der Waals surface area contributed by atoms with Gasteiger partial charge in [0.2, 0.25) is 0 Å². The summed E-state index contributed by atoms with van der Waals surface area (Å²) in [6, 6.07) is 11.9. The fraction of sp³-hybridized carbons (Fsp3) is 0.435. The Morgan fingerprint density at radius 1 is 0.966 bits per heavy atom. The molecule has 0 atom stereocenters. The molecule has 0 bridgehead atoms. The molecule has 0 aromatic heterocycles. The first-order valence-electron chi connectivity index (χ1n) is 9.71. The molecule has 0 saturated heterocycles. The molecule has 0 fully saturated rings. The number of amides is 1. The second kappa shape index (κ2) is 8.19. The van der Waals surface area contributed by atoms with Crippen LogP contribution in [0.3, 0.4) is 0 Å². The molecule has 0 aliphatic heterocycles. The van der Waals surface area contributed by atoms with Gasteiger partial charge in [-0.15, -0.1) is 0 Å². The number of aryl methyl sites for hydroxylation is 2. The van der Waals surface area contributed by atoms with Gasteiger partial charge in [0.25, 0.3) is 15.9 Å². The van der Waals surface area contributed by atoms with Crippen LogP contribution in [0.4, 0.5) is 5.69 Å². The lowest BCUT2D eigenvalue weighted by atomic mass is 9.81. The molecule has 0 radical (unpaired) electrons. The third-order valence-corrected chi connectivity index (χ3v) is 5.96. The summed E-state index contributed by atoms with van der Waals surface area (Å²) in [7, 11) is -3.82. The highest BCUT2D eigenvalue weighted by Gasteiger charge is 2.28. The van der Waals surface area contributed by atoms with Crippen LogP contribution in [0.15, 0.2) is 47.4 Å². The lowest BCUT2D eigenvalue weighted by Gasteiger charge is -2.33. The largest absolute Gasteiger partial charge is 0.347 e. The number of nitrogens with one attached hydrogen (secondary N) is 2. The van der Waals surface area contributed by atoms with Gasteiger partial charge in [-0.1, -0.05) is 39.0 Å². The smallest absolute Gasteiger partial charge is 0.262 e. The zero-order valence-electron chi connectivity index (χ0n) is 18.4. The summed E-state index contributed by atoms with van der Waals surface area (Å²) in [5.74, 6) is -0.286. The molecule has 0 aliphatic rings. The molecule has 2 N–H and O–H groups in total. The summed E-state index contributed by atoms with van der Waals surface area (Å²) in [4.78, 5) is 12.9. The monoisotopic (exact) mass is 416 g/mol. The second-order valence-corrected chi connectivity index (χ2v) is 11.2. The minimum absolute atomic E-state index is 0.0519. The number of hydrogen-bond acceptors (Lipinski definition) is 3. The molecule has 1 amide bonds. The van der Waals surface area contributed by atoms with E-state index in [9.17, 15) is 13.2 Å². The van der Waals surface area contributed by atoms with Crippen molar-refractivity contribution in [3.05, 3.63) is 59.2 Å². The average molecular weight is 417 g/mol. The van der Waals surface area contributed by atoms with Crippen molar-refractivity contribution in [3.63, 3.8) is 0 Å². The molecule has 2 aromatic carbocycles. The molecule has 2 rings (SSSR count). The van der Waals surface area contributed by atoms with Crippen LogP contribution < -0.4 is 10.0 Å². The SMILES string of the molecule is Cc1cccc(NS(=O)(=O)c2cc(C(=O)NC(C)(C)CC(C)(C)C)ccc2C)c1. The van der Waals surface area contributed by atoms with Gasteiger partial charge in [0.15, 0.2) is 0 Å². The fourth-order valence-electron chi connectivity index (χ4n) is 3.70. The number of sulfonamides is 1. The summed E-state index contributed by atoms with van der Waals surface area (Å²) in [5, 5.41) is 3.03. The van der Waals surface area contributed by atoms with Gasteiger partial charge in [-0.25, -0.2) is 8.42 Å². The quantitative estimate of drug-likeness (QED) is 0.692. The van der Waals surface area contributed by atoms with Gasteiger partial charge in [-0.05, 0) is 74.9 Å². The summed E-state index contributed by atoms with van der Waals surface area (Å²) in [6.07, 6.45) is 0.789. The third kappa shape index (κ3) is 6.60. The van der Waals surface area contributed by atoms with E-state index in [0.717, 1.165) is 12.0 Å². The van der Waals surface area contributed by atoms with Gasteiger partial charge in [0.05, 0.1) is 4.90 Å². The van der Waals surface area contributed by atoms with Crippen molar-refractivity contribution in [3.8, 4) is 0 Å². The fourth-order valence-corrected chi connectivity index (χ4v) is 5.02. The van der Waals surface area contributed by atoms with Crippen molar-refractivity contribution in [1.29, 1.82) is 0 Å². The first-order chi connectivity index (χ1) is 13.2. The van der Waals surface area contributed by atoms with Crippen LogP contribution in [0.2, 0.25) is 0 Å². The Kier molecular flexibility index (Phi) is 6.48. The van der Waals surface area contributed by atoms with Crippen molar-refractivity contribution in [2.75, 3.05) is 4.72 Å². The minimum Gasteiger partial charge on any atom is -0.347 e. The van der Waals surface area contributed by atoms with E-state index in [4.69, 9.17) is 0 Å². The highest BCUT2D eigenvalue weighted by molar-refractivity contribution is 7.92. The van der Waals surface area contributed by atoms with Crippen molar-refractivity contribution in [1.82, 2.24) is 5.32 Å². The molecule has 6 heteroatoms. The predicted octanol–water partition coefficient (Wildman–Crippen LogP) is 5.05. The Bertz CT molecular complexity index is 1000. The van der Waals surface area contributed by atoms with Gasteiger partial charge in [0.1, 0.15) is 0 Å². The number of rotatable bonds is 6. The Morgan fingerprint density at radius 3 is 2.21 bits per heavy atom. The molecule has 5 nitrogen and oxygen atoms in total. The molecule has 0 spiro atoms. The standard InChI is InChI=1S/C23H32N2O3S/c1-16-9-8-10-19(13-16)25-29(27,28)20-14-18(12-11-17(20)2)21(26)24-23(6,7)15-22(3,4)5/h8-14,25H,15H2,1-7H3,(H,24,26). The Morgan fingerprint density at radius 2 is 1.62 bits per heavy atom. The van der Waals surface area contributed by atoms with E-state index in [-0.39, 0.29) is 16.2 Å². The number of carbonyl (C=O) groups is 1. The van der Waals surface area contributed by atoms with Gasteiger partial charge in [-0.3, -0.25) is 9.52 Å². The van der Waals surface area contributed by atoms with Crippen LogP contribution in [0.1, 0.15) is 62.5 Å². The number of benzene rings is 2. The van der Waals surface area contributed by atoms with Gasteiger partial charge in [-0.2, -0.15) is 0 Å².